The fraction of sp³-hybridized carbons (Fsp3) is 0.481. The van der Waals surface area contributed by atoms with E-state index in [9.17, 15) is 4.79 Å². The summed E-state index contributed by atoms with van der Waals surface area (Å²) in [7, 11) is 1.36. The molecule has 216 valence electrons. The standard InChI is InChI=1S/C27H38N6O6Si/c1-35-25-24(26(36-2)32-27(31-25)28-12-7-13-33-14-16-37-17-15-33)29-20(34)18-19-10-11-23(38-19)39-21-8-6-9-22(30-21)40(3,4)5/h6,8-11H,7,12-18H2,1-5H3,(H,29,34)(H,28,31,32). The van der Waals surface area contributed by atoms with Gasteiger partial charge in [0.15, 0.2) is 5.69 Å². The van der Waals surface area contributed by atoms with Crippen molar-refractivity contribution in [2.45, 2.75) is 32.5 Å². The smallest absolute Gasteiger partial charge is 0.291 e. The molecule has 4 heterocycles. The van der Waals surface area contributed by atoms with Crippen molar-refractivity contribution in [3.63, 3.8) is 0 Å². The summed E-state index contributed by atoms with van der Waals surface area (Å²) in [5.74, 6) is 1.50. The third-order valence-corrected chi connectivity index (χ3v) is 8.02. The summed E-state index contributed by atoms with van der Waals surface area (Å²) in [4.78, 5) is 28.6. The zero-order chi connectivity index (χ0) is 28.5. The zero-order valence-corrected chi connectivity index (χ0v) is 24.8. The molecule has 0 aromatic carbocycles. The minimum Gasteiger partial charge on any atom is -0.479 e. The molecule has 1 saturated heterocycles. The molecule has 40 heavy (non-hydrogen) atoms. The van der Waals surface area contributed by atoms with Crippen LogP contribution in [0.25, 0.3) is 0 Å². The van der Waals surface area contributed by atoms with Crippen LogP contribution in [0.15, 0.2) is 34.7 Å². The van der Waals surface area contributed by atoms with Gasteiger partial charge in [-0.25, -0.2) is 4.98 Å². The number of anilines is 2. The van der Waals surface area contributed by atoms with Gasteiger partial charge < -0.3 is 34.0 Å². The number of ether oxygens (including phenoxy) is 4. The average molecular weight is 571 g/mol. The number of carbonyl (C=O) groups excluding carboxylic acids is 1. The highest BCUT2D eigenvalue weighted by atomic mass is 28.3. The molecule has 1 amide bonds. The number of methoxy groups -OCH3 is 2. The van der Waals surface area contributed by atoms with Crippen molar-refractivity contribution >= 4 is 30.9 Å². The van der Waals surface area contributed by atoms with Crippen LogP contribution in [0.2, 0.25) is 19.6 Å². The maximum Gasteiger partial charge on any atom is 0.291 e. The van der Waals surface area contributed by atoms with E-state index in [1.807, 2.05) is 12.1 Å². The van der Waals surface area contributed by atoms with Crippen LogP contribution in [-0.4, -0.2) is 87.4 Å². The second kappa shape index (κ2) is 13.6. The van der Waals surface area contributed by atoms with Gasteiger partial charge in [-0.2, -0.15) is 9.97 Å². The van der Waals surface area contributed by atoms with Crippen molar-refractivity contribution in [3.05, 3.63) is 36.1 Å². The number of carbonyl (C=O) groups is 1. The molecule has 1 aliphatic heterocycles. The molecule has 3 aromatic rings. The fourth-order valence-electron chi connectivity index (χ4n) is 4.07. The molecule has 0 atom stereocenters. The molecule has 1 aliphatic rings. The van der Waals surface area contributed by atoms with Crippen LogP contribution in [0.5, 0.6) is 23.6 Å². The Morgan fingerprint density at radius 2 is 1.75 bits per heavy atom. The molecule has 0 radical (unpaired) electrons. The number of pyridine rings is 1. The van der Waals surface area contributed by atoms with Gasteiger partial charge in [0, 0.05) is 37.1 Å². The predicted octanol–water partition coefficient (Wildman–Crippen LogP) is 3.13. The third-order valence-electron chi connectivity index (χ3n) is 6.20. The van der Waals surface area contributed by atoms with Gasteiger partial charge >= 0.3 is 0 Å². The maximum absolute atomic E-state index is 12.9. The van der Waals surface area contributed by atoms with Crippen molar-refractivity contribution in [1.29, 1.82) is 0 Å². The largest absolute Gasteiger partial charge is 0.479 e. The minimum atomic E-state index is -1.59. The van der Waals surface area contributed by atoms with E-state index < -0.39 is 8.07 Å². The fourth-order valence-corrected chi connectivity index (χ4v) is 5.11. The third kappa shape index (κ3) is 8.16. The van der Waals surface area contributed by atoms with Crippen molar-refractivity contribution in [2.75, 3.05) is 64.2 Å². The lowest BCUT2D eigenvalue weighted by Gasteiger charge is -2.26. The Hall–Kier alpha value is -3.68. The second-order valence-electron chi connectivity index (χ2n) is 10.3. The van der Waals surface area contributed by atoms with Crippen molar-refractivity contribution < 1.29 is 28.2 Å². The number of hydrogen-bond acceptors (Lipinski definition) is 11. The molecule has 0 bridgehead atoms. The van der Waals surface area contributed by atoms with Crippen LogP contribution >= 0.6 is 0 Å². The first kappa shape index (κ1) is 29.3. The van der Waals surface area contributed by atoms with E-state index in [-0.39, 0.29) is 35.7 Å². The first-order valence-electron chi connectivity index (χ1n) is 13.3. The van der Waals surface area contributed by atoms with Gasteiger partial charge in [0.2, 0.25) is 29.5 Å². The lowest BCUT2D eigenvalue weighted by atomic mass is 10.3. The quantitative estimate of drug-likeness (QED) is 0.232. The van der Waals surface area contributed by atoms with Gasteiger partial charge in [0.1, 0.15) is 13.8 Å². The average Bonchev–Trinajstić information content (AvgIpc) is 3.37. The Morgan fingerprint density at radius 1 is 1.02 bits per heavy atom. The normalized spacial score (nSPS) is 14.0. The second-order valence-corrected chi connectivity index (χ2v) is 15.3. The Labute approximate surface area is 235 Å². The molecule has 12 nitrogen and oxygen atoms in total. The number of amides is 1. The van der Waals surface area contributed by atoms with E-state index in [0.717, 1.165) is 44.6 Å². The van der Waals surface area contributed by atoms with Crippen LogP contribution in [-0.2, 0) is 16.0 Å². The molecule has 0 unspecified atom stereocenters. The highest BCUT2D eigenvalue weighted by Crippen LogP contribution is 2.33. The minimum absolute atomic E-state index is 0.0421. The maximum atomic E-state index is 12.9. The van der Waals surface area contributed by atoms with Gasteiger partial charge in [-0.15, -0.1) is 0 Å². The van der Waals surface area contributed by atoms with E-state index in [0.29, 0.717) is 24.1 Å². The van der Waals surface area contributed by atoms with Crippen molar-refractivity contribution in [1.82, 2.24) is 19.9 Å². The zero-order valence-electron chi connectivity index (χ0n) is 23.8. The van der Waals surface area contributed by atoms with Crippen LogP contribution in [0.1, 0.15) is 12.2 Å². The van der Waals surface area contributed by atoms with Crippen LogP contribution in [0.3, 0.4) is 0 Å². The first-order valence-corrected chi connectivity index (χ1v) is 16.8. The number of hydrogen-bond donors (Lipinski definition) is 2. The topological polar surface area (TPSA) is 133 Å². The van der Waals surface area contributed by atoms with Gasteiger partial charge in [-0.1, -0.05) is 25.7 Å². The highest BCUT2D eigenvalue weighted by Gasteiger charge is 2.21. The van der Waals surface area contributed by atoms with E-state index in [2.05, 4.69) is 50.1 Å². The van der Waals surface area contributed by atoms with E-state index in [1.165, 1.54) is 14.2 Å². The molecule has 4 rings (SSSR count). The summed E-state index contributed by atoms with van der Waals surface area (Å²) in [5, 5.41) is 7.02. The molecule has 0 saturated carbocycles. The molecule has 13 heteroatoms. The molecule has 3 aromatic heterocycles. The summed E-state index contributed by atoms with van der Waals surface area (Å²) in [5.41, 5.74) is 0.240. The summed E-state index contributed by atoms with van der Waals surface area (Å²) in [6.07, 6.45) is 0.876. The van der Waals surface area contributed by atoms with Gasteiger partial charge in [0.25, 0.3) is 5.95 Å². The number of furan rings is 1. The number of nitrogens with zero attached hydrogens (tertiary/aromatic N) is 4. The molecule has 0 spiro atoms. The summed E-state index contributed by atoms with van der Waals surface area (Å²) in [6, 6.07) is 9.06. The summed E-state index contributed by atoms with van der Waals surface area (Å²) in [6.45, 7) is 11.7. The van der Waals surface area contributed by atoms with Crippen LogP contribution in [0, 0.1) is 0 Å². The van der Waals surface area contributed by atoms with Crippen molar-refractivity contribution in [3.8, 4) is 23.6 Å². The van der Waals surface area contributed by atoms with Gasteiger partial charge in [-0.05, 0) is 25.1 Å². The van der Waals surface area contributed by atoms with Crippen LogP contribution < -0.4 is 30.2 Å². The number of nitrogens with one attached hydrogen (secondary N) is 2. The Morgan fingerprint density at radius 3 is 2.42 bits per heavy atom. The monoisotopic (exact) mass is 570 g/mol. The molecule has 2 N–H and O–H groups in total. The predicted molar refractivity (Wildman–Crippen MR) is 154 cm³/mol. The number of rotatable bonds is 13. The summed E-state index contributed by atoms with van der Waals surface area (Å²) >= 11 is 0. The lowest BCUT2D eigenvalue weighted by Crippen LogP contribution is -2.39. The lowest BCUT2D eigenvalue weighted by molar-refractivity contribution is -0.115. The van der Waals surface area contributed by atoms with Gasteiger partial charge in [0.05, 0.1) is 33.9 Å². The van der Waals surface area contributed by atoms with E-state index in [1.54, 1.807) is 18.2 Å². The van der Waals surface area contributed by atoms with E-state index in [4.69, 9.17) is 23.4 Å². The van der Waals surface area contributed by atoms with Gasteiger partial charge in [-0.3, -0.25) is 9.69 Å². The Kier molecular flexibility index (Phi) is 9.96. The SMILES string of the molecule is COc1nc(NCCCN2CCOCC2)nc(OC)c1NC(=O)Cc1ccc(Oc2cccc([Si](C)(C)C)n2)o1. The Bertz CT molecular complexity index is 1250. The number of morpholine rings is 1. The highest BCUT2D eigenvalue weighted by molar-refractivity contribution is 6.88. The molecular formula is C27H38N6O6Si. The van der Waals surface area contributed by atoms with Crippen LogP contribution in [0.4, 0.5) is 11.6 Å². The molecule has 0 aliphatic carbocycles. The molecule has 1 fully saturated rings. The van der Waals surface area contributed by atoms with Crippen molar-refractivity contribution in [2.24, 2.45) is 0 Å². The number of aromatic nitrogens is 3. The summed E-state index contributed by atoms with van der Waals surface area (Å²) < 4.78 is 27.8. The molecular weight excluding hydrogens is 532 g/mol. The van der Waals surface area contributed by atoms with E-state index >= 15 is 0 Å². The Balaban J connectivity index is 1.34. The first-order chi connectivity index (χ1) is 19.2.